The third kappa shape index (κ3) is 3.01. The molecule has 1 aliphatic rings. The summed E-state index contributed by atoms with van der Waals surface area (Å²) in [4.78, 5) is 0.211. The van der Waals surface area contributed by atoms with Gasteiger partial charge in [-0.25, -0.2) is 8.42 Å². The molecule has 0 amide bonds. The number of nitrogens with two attached hydrogens (primary N) is 1. The van der Waals surface area contributed by atoms with Crippen LogP contribution in [-0.2, 0) is 10.0 Å². The van der Waals surface area contributed by atoms with Crippen LogP contribution < -0.4 is 5.73 Å². The second kappa shape index (κ2) is 6.02. The first-order valence-corrected chi connectivity index (χ1v) is 8.67. The second-order valence-electron chi connectivity index (χ2n) is 5.60. The molecule has 4 nitrogen and oxygen atoms in total. The Hall–Kier alpha value is -0.620. The monoisotopic (exact) mass is 316 g/mol. The van der Waals surface area contributed by atoms with Gasteiger partial charge >= 0.3 is 0 Å². The summed E-state index contributed by atoms with van der Waals surface area (Å²) in [6.07, 6.45) is 0.817. The Morgan fingerprint density at radius 3 is 2.70 bits per heavy atom. The van der Waals surface area contributed by atoms with E-state index in [-0.39, 0.29) is 21.8 Å². The van der Waals surface area contributed by atoms with Crippen LogP contribution in [0.4, 0.5) is 0 Å². The van der Waals surface area contributed by atoms with E-state index in [0.29, 0.717) is 19.6 Å². The van der Waals surface area contributed by atoms with Crippen molar-refractivity contribution in [1.82, 2.24) is 4.31 Å². The van der Waals surface area contributed by atoms with Crippen LogP contribution in [0.2, 0.25) is 5.02 Å². The summed E-state index contributed by atoms with van der Waals surface area (Å²) in [5.74, 6) is 0.508. The average Bonchev–Trinajstić information content (AvgIpc) is 2.88. The summed E-state index contributed by atoms with van der Waals surface area (Å²) in [5, 5.41) is 0.283. The third-order valence-corrected chi connectivity index (χ3v) is 6.17. The normalized spacial score (nSPS) is 20.8. The highest BCUT2D eigenvalue weighted by Gasteiger charge is 2.33. The van der Waals surface area contributed by atoms with Crippen LogP contribution in [0, 0.1) is 5.92 Å². The van der Waals surface area contributed by atoms with Crippen molar-refractivity contribution in [2.75, 3.05) is 19.6 Å². The number of halogens is 1. The molecule has 0 aliphatic carbocycles. The van der Waals surface area contributed by atoms with Crippen molar-refractivity contribution in [2.24, 2.45) is 11.7 Å². The van der Waals surface area contributed by atoms with E-state index in [1.165, 1.54) is 4.31 Å². The molecule has 1 heterocycles. The Bertz CT molecular complexity index is 587. The zero-order chi connectivity index (χ0) is 14.9. The molecular formula is C14H21ClN2O2S. The van der Waals surface area contributed by atoms with Gasteiger partial charge in [-0.1, -0.05) is 31.5 Å². The zero-order valence-corrected chi connectivity index (χ0v) is 13.4. The predicted octanol–water partition coefficient (Wildman–Crippen LogP) is 2.43. The molecule has 1 unspecified atom stereocenters. The third-order valence-electron chi connectivity index (χ3n) is 3.82. The molecule has 2 rings (SSSR count). The van der Waals surface area contributed by atoms with Crippen LogP contribution in [0.5, 0.6) is 0 Å². The fourth-order valence-corrected chi connectivity index (χ4v) is 4.46. The van der Waals surface area contributed by atoms with Crippen molar-refractivity contribution in [3.8, 4) is 0 Å². The van der Waals surface area contributed by atoms with E-state index in [1.54, 1.807) is 12.1 Å². The van der Waals surface area contributed by atoms with Crippen molar-refractivity contribution < 1.29 is 8.42 Å². The largest absolute Gasteiger partial charge is 0.330 e. The minimum absolute atomic E-state index is 0.211. The maximum absolute atomic E-state index is 12.7. The summed E-state index contributed by atoms with van der Waals surface area (Å²) in [6.45, 7) is 5.58. The van der Waals surface area contributed by atoms with Crippen molar-refractivity contribution in [3.05, 3.63) is 28.8 Å². The number of rotatable bonds is 4. The fourth-order valence-electron chi connectivity index (χ4n) is 2.42. The molecule has 1 atom stereocenters. The molecule has 6 heteroatoms. The zero-order valence-electron chi connectivity index (χ0n) is 11.8. The second-order valence-corrected chi connectivity index (χ2v) is 7.91. The molecule has 1 fully saturated rings. The van der Waals surface area contributed by atoms with Gasteiger partial charge in [0.05, 0.1) is 5.02 Å². The maximum atomic E-state index is 12.7. The highest BCUT2D eigenvalue weighted by molar-refractivity contribution is 7.89. The highest BCUT2D eigenvalue weighted by Crippen LogP contribution is 2.31. The molecule has 2 N–H and O–H groups in total. The average molecular weight is 317 g/mol. The molecule has 1 aliphatic heterocycles. The first kappa shape index (κ1) is 15.8. The van der Waals surface area contributed by atoms with E-state index < -0.39 is 10.0 Å². The van der Waals surface area contributed by atoms with Crippen LogP contribution >= 0.6 is 11.6 Å². The van der Waals surface area contributed by atoms with Crippen LogP contribution in [0.1, 0.15) is 31.7 Å². The topological polar surface area (TPSA) is 63.4 Å². The van der Waals surface area contributed by atoms with E-state index in [0.717, 1.165) is 12.0 Å². The lowest BCUT2D eigenvalue weighted by atomic mass is 10.0. The number of sulfonamides is 1. The number of benzene rings is 1. The first-order valence-electron chi connectivity index (χ1n) is 6.86. The van der Waals surface area contributed by atoms with Crippen molar-refractivity contribution >= 4 is 21.6 Å². The SMILES string of the molecule is CC(C)c1ccc(Cl)c(S(=O)(=O)N2CCC(CN)C2)c1. The number of nitrogens with zero attached hydrogens (tertiary/aromatic N) is 1. The molecule has 1 saturated heterocycles. The molecule has 112 valence electrons. The Morgan fingerprint density at radius 2 is 2.15 bits per heavy atom. The van der Waals surface area contributed by atoms with Crippen LogP contribution in [0.25, 0.3) is 0 Å². The van der Waals surface area contributed by atoms with E-state index in [1.807, 2.05) is 19.9 Å². The summed E-state index contributed by atoms with van der Waals surface area (Å²) in [7, 11) is -3.52. The quantitative estimate of drug-likeness (QED) is 0.928. The molecule has 1 aromatic carbocycles. The Balaban J connectivity index is 2.37. The highest BCUT2D eigenvalue weighted by atomic mass is 35.5. The van der Waals surface area contributed by atoms with Gasteiger partial charge in [-0.3, -0.25) is 0 Å². The number of hydrogen-bond acceptors (Lipinski definition) is 3. The molecule has 0 saturated carbocycles. The van der Waals surface area contributed by atoms with Gasteiger partial charge in [0.2, 0.25) is 10.0 Å². The van der Waals surface area contributed by atoms with Gasteiger partial charge in [0, 0.05) is 13.1 Å². The smallest absolute Gasteiger partial charge is 0.244 e. The van der Waals surface area contributed by atoms with Gasteiger partial charge in [-0.2, -0.15) is 4.31 Å². The summed E-state index contributed by atoms with van der Waals surface area (Å²) in [5.41, 5.74) is 6.60. The molecule has 20 heavy (non-hydrogen) atoms. The minimum Gasteiger partial charge on any atom is -0.330 e. The van der Waals surface area contributed by atoms with E-state index in [9.17, 15) is 8.42 Å². The molecule has 0 spiro atoms. The molecule has 0 bridgehead atoms. The van der Waals surface area contributed by atoms with E-state index >= 15 is 0 Å². The lowest BCUT2D eigenvalue weighted by molar-refractivity contribution is 0.459. The fraction of sp³-hybridized carbons (Fsp3) is 0.571. The Labute approximate surface area is 126 Å². The summed E-state index contributed by atoms with van der Waals surface area (Å²) >= 11 is 6.10. The Morgan fingerprint density at radius 1 is 1.45 bits per heavy atom. The van der Waals surface area contributed by atoms with Crippen LogP contribution in [-0.4, -0.2) is 32.4 Å². The van der Waals surface area contributed by atoms with Crippen molar-refractivity contribution in [2.45, 2.75) is 31.1 Å². The lowest BCUT2D eigenvalue weighted by Crippen LogP contribution is -2.30. The van der Waals surface area contributed by atoms with Crippen LogP contribution in [0.15, 0.2) is 23.1 Å². The lowest BCUT2D eigenvalue weighted by Gasteiger charge is -2.18. The maximum Gasteiger partial charge on any atom is 0.244 e. The molecule has 0 radical (unpaired) electrons. The minimum atomic E-state index is -3.52. The number of hydrogen-bond donors (Lipinski definition) is 1. The van der Waals surface area contributed by atoms with Gasteiger partial charge in [-0.05, 0) is 42.5 Å². The standard InChI is InChI=1S/C14H21ClN2O2S/c1-10(2)12-3-4-13(15)14(7-12)20(18,19)17-6-5-11(8-16)9-17/h3-4,7,10-11H,5-6,8-9,16H2,1-2H3. The molecule has 1 aromatic rings. The van der Waals surface area contributed by atoms with Crippen LogP contribution in [0.3, 0.4) is 0 Å². The molecule has 0 aromatic heterocycles. The predicted molar refractivity (Wildman–Crippen MR) is 81.5 cm³/mol. The summed E-state index contributed by atoms with van der Waals surface area (Å²) in [6, 6.07) is 5.23. The van der Waals surface area contributed by atoms with Gasteiger partial charge < -0.3 is 5.73 Å². The van der Waals surface area contributed by atoms with Crippen molar-refractivity contribution in [3.63, 3.8) is 0 Å². The Kier molecular flexibility index (Phi) is 4.74. The van der Waals surface area contributed by atoms with Crippen molar-refractivity contribution in [1.29, 1.82) is 0 Å². The summed E-state index contributed by atoms with van der Waals surface area (Å²) < 4.78 is 26.9. The van der Waals surface area contributed by atoms with Gasteiger partial charge in [-0.15, -0.1) is 0 Å². The molecular weight excluding hydrogens is 296 g/mol. The van der Waals surface area contributed by atoms with E-state index in [4.69, 9.17) is 17.3 Å². The van der Waals surface area contributed by atoms with Gasteiger partial charge in [0.15, 0.2) is 0 Å². The first-order chi connectivity index (χ1) is 9.36. The van der Waals surface area contributed by atoms with E-state index in [2.05, 4.69) is 0 Å². The van der Waals surface area contributed by atoms with Gasteiger partial charge in [0.1, 0.15) is 4.90 Å². The van der Waals surface area contributed by atoms with Gasteiger partial charge in [0.25, 0.3) is 0 Å².